The number of amides is 2. The molecule has 10 heteroatoms. The summed E-state index contributed by atoms with van der Waals surface area (Å²) in [5.74, 6) is -1.92. The predicted octanol–water partition coefficient (Wildman–Crippen LogP) is 5.22. The third-order valence-corrected chi connectivity index (χ3v) is 6.64. The van der Waals surface area contributed by atoms with Crippen LogP contribution >= 0.6 is 23.4 Å². The van der Waals surface area contributed by atoms with E-state index < -0.39 is 5.97 Å². The SMILES string of the molecule is CN(C)c1ccc(/C=C2/N=C(SCC(=O)Nc3ccc(Cl)c(C(=O)O)c3)N(c3ccccc3)C2=O)cc1. The summed E-state index contributed by atoms with van der Waals surface area (Å²) < 4.78 is 0. The topological polar surface area (TPSA) is 102 Å². The number of carbonyl (C=O) groups is 3. The molecule has 0 unspecified atom stereocenters. The van der Waals surface area contributed by atoms with Gasteiger partial charge in [-0.15, -0.1) is 0 Å². The van der Waals surface area contributed by atoms with Crippen molar-refractivity contribution in [1.29, 1.82) is 0 Å². The van der Waals surface area contributed by atoms with E-state index in [-0.39, 0.29) is 33.9 Å². The number of aliphatic imine (C=N–C) groups is 1. The Morgan fingerprint density at radius 1 is 1.08 bits per heavy atom. The van der Waals surface area contributed by atoms with Gasteiger partial charge in [0.05, 0.1) is 22.0 Å². The van der Waals surface area contributed by atoms with E-state index in [1.165, 1.54) is 23.1 Å². The summed E-state index contributed by atoms with van der Waals surface area (Å²) in [5, 5.41) is 12.3. The van der Waals surface area contributed by atoms with Crippen LogP contribution in [0.4, 0.5) is 17.1 Å². The Labute approximate surface area is 223 Å². The van der Waals surface area contributed by atoms with Crippen LogP contribution in [0.2, 0.25) is 5.02 Å². The van der Waals surface area contributed by atoms with E-state index in [0.29, 0.717) is 16.5 Å². The lowest BCUT2D eigenvalue weighted by atomic mass is 10.1. The Bertz CT molecular complexity index is 1410. The molecule has 188 valence electrons. The highest BCUT2D eigenvalue weighted by Crippen LogP contribution is 2.30. The number of thioether (sulfide) groups is 1. The number of hydrogen-bond acceptors (Lipinski definition) is 6. The average molecular weight is 535 g/mol. The lowest BCUT2D eigenvalue weighted by molar-refractivity contribution is -0.114. The van der Waals surface area contributed by atoms with E-state index in [2.05, 4.69) is 10.3 Å². The molecule has 0 saturated carbocycles. The summed E-state index contributed by atoms with van der Waals surface area (Å²) in [7, 11) is 3.90. The van der Waals surface area contributed by atoms with Crippen molar-refractivity contribution in [3.8, 4) is 0 Å². The summed E-state index contributed by atoms with van der Waals surface area (Å²) in [4.78, 5) is 45.3. The number of rotatable bonds is 7. The molecular weight excluding hydrogens is 512 g/mol. The van der Waals surface area contributed by atoms with E-state index in [1.807, 2.05) is 61.5 Å². The minimum atomic E-state index is -1.19. The maximum Gasteiger partial charge on any atom is 0.337 e. The maximum atomic E-state index is 13.3. The summed E-state index contributed by atoms with van der Waals surface area (Å²) in [6.07, 6.45) is 1.71. The Morgan fingerprint density at radius 3 is 2.43 bits per heavy atom. The zero-order valence-corrected chi connectivity index (χ0v) is 21.6. The third kappa shape index (κ3) is 6.19. The fraction of sp³-hybridized carbons (Fsp3) is 0.111. The molecule has 37 heavy (non-hydrogen) atoms. The van der Waals surface area contributed by atoms with Gasteiger partial charge in [0.2, 0.25) is 5.91 Å². The van der Waals surface area contributed by atoms with Crippen molar-refractivity contribution in [2.75, 3.05) is 35.0 Å². The van der Waals surface area contributed by atoms with Crippen molar-refractivity contribution in [3.05, 3.63) is 94.6 Å². The second-order valence-electron chi connectivity index (χ2n) is 8.22. The number of para-hydroxylation sites is 1. The van der Waals surface area contributed by atoms with Gasteiger partial charge in [-0.2, -0.15) is 0 Å². The fourth-order valence-electron chi connectivity index (χ4n) is 3.52. The largest absolute Gasteiger partial charge is 0.478 e. The van der Waals surface area contributed by atoms with Crippen LogP contribution in [-0.2, 0) is 9.59 Å². The van der Waals surface area contributed by atoms with Crippen LogP contribution in [0.15, 0.2) is 83.5 Å². The molecule has 0 aliphatic carbocycles. The van der Waals surface area contributed by atoms with E-state index in [4.69, 9.17) is 11.6 Å². The first kappa shape index (κ1) is 26.0. The molecule has 0 atom stereocenters. The van der Waals surface area contributed by atoms with Crippen molar-refractivity contribution in [3.63, 3.8) is 0 Å². The summed E-state index contributed by atoms with van der Waals surface area (Å²) in [5.41, 5.74) is 2.95. The van der Waals surface area contributed by atoms with Gasteiger partial charge >= 0.3 is 5.97 Å². The van der Waals surface area contributed by atoms with Gasteiger partial charge in [0.15, 0.2) is 5.17 Å². The molecule has 1 heterocycles. The molecule has 2 amide bonds. The zero-order chi connectivity index (χ0) is 26.5. The molecular formula is C27H23ClN4O4S. The lowest BCUT2D eigenvalue weighted by Gasteiger charge is -2.17. The number of anilines is 3. The molecule has 0 fully saturated rings. The Kier molecular flexibility index (Phi) is 7.95. The Morgan fingerprint density at radius 2 is 1.78 bits per heavy atom. The van der Waals surface area contributed by atoms with Crippen LogP contribution in [0.1, 0.15) is 15.9 Å². The van der Waals surface area contributed by atoms with E-state index in [0.717, 1.165) is 23.0 Å². The van der Waals surface area contributed by atoms with E-state index in [1.54, 1.807) is 18.2 Å². The smallest absolute Gasteiger partial charge is 0.337 e. The molecule has 0 radical (unpaired) electrons. The molecule has 1 aliphatic heterocycles. The number of halogens is 1. The van der Waals surface area contributed by atoms with Gasteiger partial charge in [0.1, 0.15) is 5.70 Å². The zero-order valence-electron chi connectivity index (χ0n) is 20.0. The molecule has 0 spiro atoms. The van der Waals surface area contributed by atoms with Gasteiger partial charge in [-0.3, -0.25) is 14.5 Å². The molecule has 3 aromatic carbocycles. The van der Waals surface area contributed by atoms with Crippen molar-refractivity contribution in [2.24, 2.45) is 4.99 Å². The van der Waals surface area contributed by atoms with E-state index >= 15 is 0 Å². The van der Waals surface area contributed by atoms with Crippen molar-refractivity contribution in [1.82, 2.24) is 0 Å². The highest BCUT2D eigenvalue weighted by Gasteiger charge is 2.32. The van der Waals surface area contributed by atoms with Gasteiger partial charge in [0, 0.05) is 25.5 Å². The monoisotopic (exact) mass is 534 g/mol. The van der Waals surface area contributed by atoms with Crippen LogP contribution in [0.3, 0.4) is 0 Å². The van der Waals surface area contributed by atoms with Crippen LogP contribution in [0, 0.1) is 0 Å². The molecule has 0 bridgehead atoms. The first-order valence-electron chi connectivity index (χ1n) is 11.2. The fourth-order valence-corrected chi connectivity index (χ4v) is 4.53. The third-order valence-electron chi connectivity index (χ3n) is 5.37. The molecule has 0 saturated heterocycles. The quantitative estimate of drug-likeness (QED) is 0.403. The number of nitrogens with one attached hydrogen (secondary N) is 1. The number of benzene rings is 3. The molecule has 8 nitrogen and oxygen atoms in total. The highest BCUT2D eigenvalue weighted by molar-refractivity contribution is 8.14. The molecule has 1 aliphatic rings. The van der Waals surface area contributed by atoms with Gasteiger partial charge < -0.3 is 15.3 Å². The predicted molar refractivity (Wildman–Crippen MR) is 150 cm³/mol. The summed E-state index contributed by atoms with van der Waals surface area (Å²) in [6.45, 7) is 0. The van der Waals surface area contributed by atoms with Crippen molar-refractivity contribution in [2.45, 2.75) is 0 Å². The van der Waals surface area contributed by atoms with Crippen LogP contribution in [0.25, 0.3) is 6.08 Å². The Balaban J connectivity index is 1.54. The van der Waals surface area contributed by atoms with Crippen molar-refractivity contribution >= 4 is 69.5 Å². The number of carboxylic acid groups (broad SMARTS) is 1. The van der Waals surface area contributed by atoms with Crippen LogP contribution in [-0.4, -0.2) is 47.9 Å². The maximum absolute atomic E-state index is 13.3. The van der Waals surface area contributed by atoms with Gasteiger partial charge in [-0.05, 0) is 54.1 Å². The minimum Gasteiger partial charge on any atom is -0.478 e. The number of nitrogens with zero attached hydrogens (tertiary/aromatic N) is 3. The van der Waals surface area contributed by atoms with Crippen LogP contribution in [0.5, 0.6) is 0 Å². The number of aromatic carboxylic acids is 1. The molecule has 3 aromatic rings. The normalized spacial score (nSPS) is 14.0. The number of carbonyl (C=O) groups excluding carboxylic acids is 2. The number of carboxylic acids is 1. The minimum absolute atomic E-state index is 0.0503. The molecule has 2 N–H and O–H groups in total. The van der Waals surface area contributed by atoms with Gasteiger partial charge in [-0.1, -0.05) is 53.7 Å². The van der Waals surface area contributed by atoms with Crippen LogP contribution < -0.4 is 15.1 Å². The van der Waals surface area contributed by atoms with Crippen molar-refractivity contribution < 1.29 is 19.5 Å². The first-order chi connectivity index (χ1) is 17.7. The number of amidine groups is 1. The van der Waals surface area contributed by atoms with Gasteiger partial charge in [0.25, 0.3) is 5.91 Å². The van der Waals surface area contributed by atoms with E-state index in [9.17, 15) is 19.5 Å². The highest BCUT2D eigenvalue weighted by atomic mass is 35.5. The second-order valence-corrected chi connectivity index (χ2v) is 9.57. The first-order valence-corrected chi connectivity index (χ1v) is 12.5. The lowest BCUT2D eigenvalue weighted by Crippen LogP contribution is -2.31. The van der Waals surface area contributed by atoms with Gasteiger partial charge in [-0.25, -0.2) is 9.79 Å². The molecule has 0 aromatic heterocycles. The second kappa shape index (κ2) is 11.3. The summed E-state index contributed by atoms with van der Waals surface area (Å²) in [6, 6.07) is 21.0. The Hall–Kier alpha value is -4.08. The summed E-state index contributed by atoms with van der Waals surface area (Å²) >= 11 is 7.00. The molecule has 4 rings (SSSR count). The number of hydrogen-bond donors (Lipinski definition) is 2. The average Bonchev–Trinajstić information content (AvgIpc) is 3.19. The standard InChI is InChI=1S/C27H23ClN4O4S/c1-31(2)19-11-8-17(9-12-19)14-23-25(34)32(20-6-4-3-5-7-20)27(30-23)37-16-24(33)29-18-10-13-22(28)21(15-18)26(35)36/h3-15H,16H2,1-2H3,(H,29,33)(H,35,36)/b23-14+.